The molecular weight excluding hydrogens is 193 g/mol. The van der Waals surface area contributed by atoms with Crippen molar-refractivity contribution >= 4 is 16.6 Å². The summed E-state index contributed by atoms with van der Waals surface area (Å²) >= 11 is 0. The molecular formula is C11H8FN3. The molecule has 0 aliphatic rings. The highest BCUT2D eigenvalue weighted by Gasteiger charge is 2.09. The van der Waals surface area contributed by atoms with Gasteiger partial charge >= 0.3 is 0 Å². The Morgan fingerprint density at radius 3 is 2.93 bits per heavy atom. The van der Waals surface area contributed by atoms with Gasteiger partial charge in [0, 0.05) is 18.6 Å². The second kappa shape index (κ2) is 3.54. The van der Waals surface area contributed by atoms with Crippen molar-refractivity contribution in [2.45, 2.75) is 0 Å². The smallest absolute Gasteiger partial charge is 0.149 e. The predicted molar refractivity (Wildman–Crippen MR) is 56.0 cm³/mol. The molecule has 0 aliphatic carbocycles. The molecule has 74 valence electrons. The van der Waals surface area contributed by atoms with Gasteiger partial charge < -0.3 is 5.32 Å². The van der Waals surface area contributed by atoms with E-state index in [0.717, 1.165) is 0 Å². The first kappa shape index (κ1) is 9.41. The van der Waals surface area contributed by atoms with E-state index in [2.05, 4.69) is 10.3 Å². The summed E-state index contributed by atoms with van der Waals surface area (Å²) in [7, 11) is 1.69. The zero-order valence-electron chi connectivity index (χ0n) is 8.08. The highest BCUT2D eigenvalue weighted by molar-refractivity contribution is 5.94. The lowest BCUT2D eigenvalue weighted by Crippen LogP contribution is -1.96. The number of nitrogens with zero attached hydrogens (tertiary/aromatic N) is 2. The standard InChI is InChI=1S/C11H8FN3/c1-14-10-7(5-13)6-15-11-8(10)3-2-4-9(11)12/h2-4,6H,1H3,(H,14,15). The van der Waals surface area contributed by atoms with Crippen LogP contribution < -0.4 is 5.32 Å². The molecule has 2 rings (SSSR count). The molecule has 0 saturated heterocycles. The lowest BCUT2D eigenvalue weighted by molar-refractivity contribution is 0.637. The Morgan fingerprint density at radius 1 is 1.47 bits per heavy atom. The van der Waals surface area contributed by atoms with Gasteiger partial charge in [-0.25, -0.2) is 4.39 Å². The molecule has 0 amide bonds. The zero-order valence-corrected chi connectivity index (χ0v) is 8.08. The molecule has 0 saturated carbocycles. The number of pyridine rings is 1. The lowest BCUT2D eigenvalue weighted by Gasteiger charge is -2.07. The van der Waals surface area contributed by atoms with Crippen molar-refractivity contribution in [2.24, 2.45) is 0 Å². The number of nitrogens with one attached hydrogen (secondary N) is 1. The number of anilines is 1. The summed E-state index contributed by atoms with van der Waals surface area (Å²) in [5, 5.41) is 12.4. The van der Waals surface area contributed by atoms with Crippen LogP contribution in [-0.2, 0) is 0 Å². The van der Waals surface area contributed by atoms with Crippen LogP contribution in [0.15, 0.2) is 24.4 Å². The van der Waals surface area contributed by atoms with E-state index in [-0.39, 0.29) is 11.3 Å². The third-order valence-electron chi connectivity index (χ3n) is 2.22. The molecule has 0 spiro atoms. The number of halogens is 1. The Hall–Kier alpha value is -2.15. The van der Waals surface area contributed by atoms with Gasteiger partial charge in [-0.15, -0.1) is 0 Å². The van der Waals surface area contributed by atoms with E-state index in [1.54, 1.807) is 19.2 Å². The van der Waals surface area contributed by atoms with Crippen molar-refractivity contribution in [3.8, 4) is 6.07 Å². The average Bonchev–Trinajstić information content (AvgIpc) is 2.28. The van der Waals surface area contributed by atoms with E-state index in [4.69, 9.17) is 5.26 Å². The van der Waals surface area contributed by atoms with Gasteiger partial charge in [-0.1, -0.05) is 12.1 Å². The van der Waals surface area contributed by atoms with Crippen molar-refractivity contribution in [3.05, 3.63) is 35.8 Å². The van der Waals surface area contributed by atoms with E-state index < -0.39 is 0 Å². The van der Waals surface area contributed by atoms with Crippen LogP contribution in [0.1, 0.15) is 5.56 Å². The largest absolute Gasteiger partial charge is 0.386 e. The monoisotopic (exact) mass is 201 g/mol. The Balaban J connectivity index is 2.90. The molecule has 0 bridgehead atoms. The molecule has 1 N–H and O–H groups in total. The van der Waals surface area contributed by atoms with Crippen LogP contribution in [0.5, 0.6) is 0 Å². The maximum absolute atomic E-state index is 13.4. The topological polar surface area (TPSA) is 48.7 Å². The number of rotatable bonds is 1. The quantitative estimate of drug-likeness (QED) is 0.770. The van der Waals surface area contributed by atoms with E-state index in [1.165, 1.54) is 12.3 Å². The van der Waals surface area contributed by atoms with Crippen molar-refractivity contribution in [3.63, 3.8) is 0 Å². The summed E-state index contributed by atoms with van der Waals surface area (Å²) < 4.78 is 13.4. The van der Waals surface area contributed by atoms with Crippen LogP contribution in [-0.4, -0.2) is 12.0 Å². The molecule has 0 atom stereocenters. The van der Waals surface area contributed by atoms with E-state index in [9.17, 15) is 4.39 Å². The first-order chi connectivity index (χ1) is 7.27. The SMILES string of the molecule is CNc1c(C#N)cnc2c(F)cccc12. The molecule has 2 aromatic rings. The highest BCUT2D eigenvalue weighted by atomic mass is 19.1. The Labute approximate surface area is 86.2 Å². The number of hydrogen-bond donors (Lipinski definition) is 1. The number of fused-ring (bicyclic) bond motifs is 1. The minimum absolute atomic E-state index is 0.279. The van der Waals surface area contributed by atoms with Gasteiger partial charge in [-0.05, 0) is 6.07 Å². The molecule has 1 heterocycles. The normalized spacial score (nSPS) is 9.93. The first-order valence-corrected chi connectivity index (χ1v) is 4.43. The highest BCUT2D eigenvalue weighted by Crippen LogP contribution is 2.26. The van der Waals surface area contributed by atoms with E-state index in [0.29, 0.717) is 16.6 Å². The summed E-state index contributed by atoms with van der Waals surface area (Å²) in [4.78, 5) is 3.92. The lowest BCUT2D eigenvalue weighted by atomic mass is 10.1. The fraction of sp³-hybridized carbons (Fsp3) is 0.0909. The van der Waals surface area contributed by atoms with Crippen LogP contribution in [0.25, 0.3) is 10.9 Å². The van der Waals surface area contributed by atoms with Gasteiger partial charge in [0.05, 0.1) is 11.3 Å². The maximum Gasteiger partial charge on any atom is 0.149 e. The predicted octanol–water partition coefficient (Wildman–Crippen LogP) is 2.29. The summed E-state index contributed by atoms with van der Waals surface area (Å²) in [6, 6.07) is 6.69. The van der Waals surface area contributed by atoms with Gasteiger partial charge in [0.25, 0.3) is 0 Å². The van der Waals surface area contributed by atoms with Crippen molar-refractivity contribution in [1.29, 1.82) is 5.26 Å². The number of nitriles is 1. The molecule has 15 heavy (non-hydrogen) atoms. The average molecular weight is 201 g/mol. The van der Waals surface area contributed by atoms with Gasteiger partial charge in [0.15, 0.2) is 0 Å². The molecule has 1 aromatic carbocycles. The number of para-hydroxylation sites is 1. The third kappa shape index (κ3) is 1.38. The Bertz CT molecular complexity index is 557. The van der Waals surface area contributed by atoms with Crippen LogP contribution in [0.4, 0.5) is 10.1 Å². The summed E-state index contributed by atoms with van der Waals surface area (Å²) in [5.74, 6) is -0.381. The van der Waals surface area contributed by atoms with Crippen LogP contribution in [0, 0.1) is 17.1 Å². The second-order valence-electron chi connectivity index (χ2n) is 3.04. The summed E-state index contributed by atoms with van der Waals surface area (Å²) in [5.41, 5.74) is 1.30. The minimum Gasteiger partial charge on any atom is -0.386 e. The van der Waals surface area contributed by atoms with Crippen molar-refractivity contribution in [2.75, 3.05) is 12.4 Å². The molecule has 3 nitrogen and oxygen atoms in total. The van der Waals surface area contributed by atoms with Crippen LogP contribution >= 0.6 is 0 Å². The van der Waals surface area contributed by atoms with Gasteiger partial charge in [0.2, 0.25) is 0 Å². The van der Waals surface area contributed by atoms with Gasteiger partial charge in [-0.2, -0.15) is 5.26 Å². The maximum atomic E-state index is 13.4. The first-order valence-electron chi connectivity index (χ1n) is 4.43. The Kier molecular flexibility index (Phi) is 2.22. The second-order valence-corrected chi connectivity index (χ2v) is 3.04. The van der Waals surface area contributed by atoms with Crippen molar-refractivity contribution in [1.82, 2.24) is 4.98 Å². The van der Waals surface area contributed by atoms with Crippen LogP contribution in [0.3, 0.4) is 0 Å². The summed E-state index contributed by atoms with van der Waals surface area (Å²) in [6.45, 7) is 0. The third-order valence-corrected chi connectivity index (χ3v) is 2.22. The molecule has 1 aromatic heterocycles. The molecule has 0 fully saturated rings. The molecule has 0 unspecified atom stereocenters. The molecule has 4 heteroatoms. The zero-order chi connectivity index (χ0) is 10.8. The van der Waals surface area contributed by atoms with Gasteiger partial charge in [-0.3, -0.25) is 4.98 Å². The fourth-order valence-electron chi connectivity index (χ4n) is 1.54. The van der Waals surface area contributed by atoms with Crippen LogP contribution in [0.2, 0.25) is 0 Å². The minimum atomic E-state index is -0.381. The Morgan fingerprint density at radius 2 is 2.27 bits per heavy atom. The van der Waals surface area contributed by atoms with E-state index >= 15 is 0 Å². The fourth-order valence-corrected chi connectivity index (χ4v) is 1.54. The molecule has 0 radical (unpaired) electrons. The summed E-state index contributed by atoms with van der Waals surface area (Å²) in [6.07, 6.45) is 1.37. The number of hydrogen-bond acceptors (Lipinski definition) is 3. The number of aromatic nitrogens is 1. The van der Waals surface area contributed by atoms with E-state index in [1.807, 2.05) is 6.07 Å². The van der Waals surface area contributed by atoms with Crippen molar-refractivity contribution < 1.29 is 4.39 Å². The molecule has 0 aliphatic heterocycles. The van der Waals surface area contributed by atoms with Gasteiger partial charge in [0.1, 0.15) is 17.4 Å². The number of benzene rings is 1.